The number of aryl methyl sites for hydroxylation is 1. The van der Waals surface area contributed by atoms with E-state index in [4.69, 9.17) is 4.98 Å². The molecule has 124 valence electrons. The summed E-state index contributed by atoms with van der Waals surface area (Å²) >= 11 is 0. The molecule has 1 amide bonds. The molecule has 1 unspecified atom stereocenters. The van der Waals surface area contributed by atoms with E-state index in [1.54, 1.807) is 0 Å². The number of rotatable bonds is 8. The lowest BCUT2D eigenvalue weighted by molar-refractivity contribution is 0.171. The molecule has 0 aliphatic heterocycles. The van der Waals surface area contributed by atoms with E-state index in [0.29, 0.717) is 24.5 Å². The number of hydrogen-bond acceptors (Lipinski definition) is 4. The Hall–Kier alpha value is -1.56. The summed E-state index contributed by atoms with van der Waals surface area (Å²) in [6, 6.07) is 0.964. The molecule has 2 N–H and O–H groups in total. The molecule has 6 nitrogen and oxygen atoms in total. The Bertz CT molecular complexity index is 494. The molecule has 1 fully saturated rings. The Kier molecular flexibility index (Phi) is 5.83. The topological polar surface area (TPSA) is 68.2 Å². The molecule has 1 aliphatic carbocycles. The van der Waals surface area contributed by atoms with Crippen LogP contribution in [0.15, 0.2) is 6.20 Å². The summed E-state index contributed by atoms with van der Waals surface area (Å²) in [5, 5.41) is 6.30. The molecule has 22 heavy (non-hydrogen) atoms. The number of aromatic nitrogens is 2. The van der Waals surface area contributed by atoms with Crippen molar-refractivity contribution in [3.05, 3.63) is 17.7 Å². The summed E-state index contributed by atoms with van der Waals surface area (Å²) in [5.74, 6) is 1.49. The third-order valence-electron chi connectivity index (χ3n) is 3.88. The van der Waals surface area contributed by atoms with Crippen LogP contribution in [-0.2, 0) is 11.3 Å². The molecule has 1 aliphatic rings. The van der Waals surface area contributed by atoms with Crippen molar-refractivity contribution in [3.8, 4) is 0 Å². The quantitative estimate of drug-likeness (QED) is 0.724. The van der Waals surface area contributed by atoms with Crippen LogP contribution in [0.1, 0.15) is 63.5 Å². The molecule has 6 heteroatoms. The van der Waals surface area contributed by atoms with E-state index in [1.807, 2.05) is 0 Å². The van der Waals surface area contributed by atoms with Gasteiger partial charge < -0.3 is 19.9 Å². The fourth-order valence-electron chi connectivity index (χ4n) is 2.50. The van der Waals surface area contributed by atoms with Crippen molar-refractivity contribution in [2.24, 2.45) is 0 Å². The lowest BCUT2D eigenvalue weighted by Gasteiger charge is -2.10. The molecule has 0 aromatic carbocycles. The average molecular weight is 308 g/mol. The van der Waals surface area contributed by atoms with Crippen molar-refractivity contribution < 1.29 is 9.53 Å². The normalized spacial score (nSPS) is 15.9. The second kappa shape index (κ2) is 7.63. The minimum Gasteiger partial charge on any atom is -0.453 e. The zero-order valence-corrected chi connectivity index (χ0v) is 14.1. The Morgan fingerprint density at radius 2 is 2.18 bits per heavy atom. The lowest BCUT2D eigenvalue weighted by Crippen LogP contribution is -2.25. The molecular formula is C16H28N4O2. The van der Waals surface area contributed by atoms with Gasteiger partial charge in [-0.2, -0.15) is 0 Å². The van der Waals surface area contributed by atoms with Gasteiger partial charge in [-0.3, -0.25) is 0 Å². The standard InChI is InChI=1S/C16H28N4O2/c1-11(2)15-19-14(12(3)18-13-6-7-13)10-20(15)9-5-8-17-16(21)22-4/h10-13,18H,5-9H2,1-4H3,(H,17,21). The van der Waals surface area contributed by atoms with Gasteiger partial charge in [0.2, 0.25) is 0 Å². The number of imidazole rings is 1. The first kappa shape index (κ1) is 16.8. The van der Waals surface area contributed by atoms with Gasteiger partial charge in [-0.15, -0.1) is 0 Å². The molecule has 0 saturated heterocycles. The van der Waals surface area contributed by atoms with E-state index in [0.717, 1.165) is 24.5 Å². The van der Waals surface area contributed by atoms with Gasteiger partial charge in [-0.1, -0.05) is 13.8 Å². The molecule has 1 atom stereocenters. The van der Waals surface area contributed by atoms with Gasteiger partial charge >= 0.3 is 6.09 Å². The minimum atomic E-state index is -0.377. The zero-order chi connectivity index (χ0) is 16.1. The van der Waals surface area contributed by atoms with Crippen LogP contribution in [0, 0.1) is 0 Å². The highest BCUT2D eigenvalue weighted by Crippen LogP contribution is 2.25. The third kappa shape index (κ3) is 4.73. The van der Waals surface area contributed by atoms with Crippen LogP contribution in [0.5, 0.6) is 0 Å². The molecule has 1 heterocycles. The highest BCUT2D eigenvalue weighted by Gasteiger charge is 2.25. The van der Waals surface area contributed by atoms with Crippen LogP contribution in [0.3, 0.4) is 0 Å². The second-order valence-corrected chi connectivity index (χ2v) is 6.31. The molecule has 2 rings (SSSR count). The van der Waals surface area contributed by atoms with Crippen LogP contribution in [0.4, 0.5) is 4.79 Å². The van der Waals surface area contributed by atoms with Crippen molar-refractivity contribution in [2.75, 3.05) is 13.7 Å². The number of methoxy groups -OCH3 is 1. The van der Waals surface area contributed by atoms with E-state index in [2.05, 4.69) is 46.9 Å². The zero-order valence-electron chi connectivity index (χ0n) is 14.1. The molecule has 1 saturated carbocycles. The Morgan fingerprint density at radius 3 is 2.77 bits per heavy atom. The maximum atomic E-state index is 11.0. The monoisotopic (exact) mass is 308 g/mol. The van der Waals surface area contributed by atoms with Gasteiger partial charge in [-0.05, 0) is 26.2 Å². The summed E-state index contributed by atoms with van der Waals surface area (Å²) in [7, 11) is 1.38. The average Bonchev–Trinajstić information content (AvgIpc) is 3.18. The van der Waals surface area contributed by atoms with Gasteiger partial charge in [-0.25, -0.2) is 9.78 Å². The molecule has 1 aromatic heterocycles. The van der Waals surface area contributed by atoms with E-state index >= 15 is 0 Å². The predicted octanol–water partition coefficient (Wildman–Crippen LogP) is 2.57. The first-order chi connectivity index (χ1) is 10.5. The summed E-state index contributed by atoms with van der Waals surface area (Å²) < 4.78 is 6.78. The van der Waals surface area contributed by atoms with Crippen molar-refractivity contribution in [2.45, 2.75) is 64.6 Å². The summed E-state index contributed by atoms with van der Waals surface area (Å²) in [6.45, 7) is 7.95. The number of alkyl carbamates (subject to hydrolysis) is 1. The van der Waals surface area contributed by atoms with Gasteiger partial charge in [0.1, 0.15) is 5.82 Å². The molecule has 0 radical (unpaired) electrons. The van der Waals surface area contributed by atoms with Gasteiger partial charge in [0.25, 0.3) is 0 Å². The fraction of sp³-hybridized carbons (Fsp3) is 0.750. The first-order valence-corrected chi connectivity index (χ1v) is 8.16. The van der Waals surface area contributed by atoms with Gasteiger partial charge in [0.15, 0.2) is 0 Å². The van der Waals surface area contributed by atoms with E-state index in [1.165, 1.54) is 20.0 Å². The van der Waals surface area contributed by atoms with Gasteiger partial charge in [0, 0.05) is 37.3 Å². The number of hydrogen-bond donors (Lipinski definition) is 2. The molecule has 0 spiro atoms. The largest absolute Gasteiger partial charge is 0.453 e. The maximum Gasteiger partial charge on any atom is 0.406 e. The number of carbonyl (C=O) groups excluding carboxylic acids is 1. The van der Waals surface area contributed by atoms with E-state index in [-0.39, 0.29) is 6.09 Å². The van der Waals surface area contributed by atoms with Crippen molar-refractivity contribution in [3.63, 3.8) is 0 Å². The Morgan fingerprint density at radius 1 is 1.45 bits per heavy atom. The number of nitrogens with zero attached hydrogens (tertiary/aromatic N) is 2. The summed E-state index contributed by atoms with van der Waals surface area (Å²) in [6.07, 6.45) is 5.18. The van der Waals surface area contributed by atoms with Crippen molar-refractivity contribution >= 4 is 6.09 Å². The van der Waals surface area contributed by atoms with Crippen molar-refractivity contribution in [1.82, 2.24) is 20.2 Å². The Balaban J connectivity index is 1.92. The highest BCUT2D eigenvalue weighted by atomic mass is 16.5. The summed E-state index contributed by atoms with van der Waals surface area (Å²) in [5.41, 5.74) is 1.11. The predicted molar refractivity (Wildman–Crippen MR) is 85.9 cm³/mol. The SMILES string of the molecule is COC(=O)NCCCn1cc(C(C)NC2CC2)nc1C(C)C. The molecule has 0 bridgehead atoms. The number of carbonyl (C=O) groups is 1. The number of nitrogens with one attached hydrogen (secondary N) is 2. The van der Waals surface area contributed by atoms with E-state index < -0.39 is 0 Å². The van der Waals surface area contributed by atoms with E-state index in [9.17, 15) is 4.79 Å². The van der Waals surface area contributed by atoms with Crippen LogP contribution < -0.4 is 10.6 Å². The van der Waals surface area contributed by atoms with Crippen LogP contribution in [0.2, 0.25) is 0 Å². The van der Waals surface area contributed by atoms with Crippen LogP contribution in [0.25, 0.3) is 0 Å². The smallest absolute Gasteiger partial charge is 0.406 e. The first-order valence-electron chi connectivity index (χ1n) is 8.16. The second-order valence-electron chi connectivity index (χ2n) is 6.31. The number of ether oxygens (including phenoxy) is 1. The fourth-order valence-corrected chi connectivity index (χ4v) is 2.50. The van der Waals surface area contributed by atoms with Crippen LogP contribution >= 0.6 is 0 Å². The molecule has 1 aromatic rings. The Labute approximate surface area is 132 Å². The van der Waals surface area contributed by atoms with Gasteiger partial charge in [0.05, 0.1) is 12.8 Å². The molecular weight excluding hydrogens is 280 g/mol. The highest BCUT2D eigenvalue weighted by molar-refractivity contribution is 5.66. The summed E-state index contributed by atoms with van der Waals surface area (Å²) in [4.78, 5) is 15.8. The lowest BCUT2D eigenvalue weighted by atomic mass is 10.2. The maximum absolute atomic E-state index is 11.0. The minimum absolute atomic E-state index is 0.291. The van der Waals surface area contributed by atoms with Crippen LogP contribution in [-0.4, -0.2) is 35.3 Å². The third-order valence-corrected chi connectivity index (χ3v) is 3.88. The van der Waals surface area contributed by atoms with Crippen molar-refractivity contribution in [1.29, 1.82) is 0 Å². The number of amides is 1.